The van der Waals surface area contributed by atoms with E-state index in [0.29, 0.717) is 0 Å². The van der Waals surface area contributed by atoms with Gasteiger partial charge in [-0.15, -0.1) is 0 Å². The Labute approximate surface area is 96.8 Å². The van der Waals surface area contributed by atoms with Crippen LogP contribution in [0.4, 0.5) is 0 Å². The Balaban J connectivity index is 2.69. The topological polar surface area (TPSA) is 0 Å². The fourth-order valence-electron chi connectivity index (χ4n) is 1.38. The van der Waals surface area contributed by atoms with Crippen molar-refractivity contribution in [3.05, 3.63) is 0 Å². The summed E-state index contributed by atoms with van der Waals surface area (Å²) in [7, 11) is 0. The minimum atomic E-state index is -0.290. The van der Waals surface area contributed by atoms with Crippen molar-refractivity contribution in [1.82, 2.24) is 0 Å². The van der Waals surface area contributed by atoms with Crippen LogP contribution in [0.15, 0.2) is 0 Å². The van der Waals surface area contributed by atoms with Gasteiger partial charge < -0.3 is 0 Å². The molecule has 0 amide bonds. The summed E-state index contributed by atoms with van der Waals surface area (Å²) in [6.07, 6.45) is 8.92. The zero-order valence-electron chi connectivity index (χ0n) is 8.36. The van der Waals surface area contributed by atoms with Crippen molar-refractivity contribution in [3.8, 4) is 0 Å². The average molecular weight is 280 g/mol. The fourth-order valence-corrected chi connectivity index (χ4v) is 6.93. The Kier molecular flexibility index (Phi) is 13.2. The SMILES string of the molecule is CCCC[CH2][Ba][CH2]CCCC. The first-order valence-electron chi connectivity index (χ1n) is 5.41. The van der Waals surface area contributed by atoms with Crippen molar-refractivity contribution in [2.24, 2.45) is 0 Å². The van der Waals surface area contributed by atoms with Crippen LogP contribution in [0.25, 0.3) is 0 Å². The van der Waals surface area contributed by atoms with Crippen molar-refractivity contribution in [2.45, 2.75) is 54.1 Å². The fraction of sp³-hybridized carbons (Fsp3) is 1.00. The molecule has 1 heteroatoms. The summed E-state index contributed by atoms with van der Waals surface area (Å²) in [4.78, 5) is 0. The molecule has 0 unspecified atom stereocenters. The minimum absolute atomic E-state index is 0.290. The maximum absolute atomic E-state index is 2.30. The molecule has 0 aliphatic rings. The van der Waals surface area contributed by atoms with Gasteiger partial charge in [0.05, 0.1) is 0 Å². The molecule has 0 atom stereocenters. The van der Waals surface area contributed by atoms with E-state index in [4.69, 9.17) is 0 Å². The van der Waals surface area contributed by atoms with Crippen LogP contribution in [0.2, 0.25) is 1.78 Å². The Morgan fingerprint density at radius 2 is 1.18 bits per heavy atom. The van der Waals surface area contributed by atoms with Gasteiger partial charge in [-0.05, 0) is 0 Å². The van der Waals surface area contributed by atoms with Crippen molar-refractivity contribution in [3.63, 3.8) is 0 Å². The van der Waals surface area contributed by atoms with Gasteiger partial charge in [0.2, 0.25) is 0 Å². The van der Waals surface area contributed by atoms with E-state index in [1.807, 2.05) is 0 Å². The molecule has 0 heterocycles. The number of rotatable bonds is 8. The normalized spacial score (nSPS) is 9.64. The molecule has 0 fully saturated rings. The van der Waals surface area contributed by atoms with Crippen LogP contribution in [-0.4, -0.2) is 44.2 Å². The van der Waals surface area contributed by atoms with Gasteiger partial charge in [0.15, 0.2) is 0 Å². The zero-order chi connectivity index (χ0) is 8.36. The molecule has 0 aliphatic carbocycles. The molecule has 0 aliphatic heterocycles. The van der Waals surface area contributed by atoms with Crippen LogP contribution < -0.4 is 0 Å². The molecule has 0 spiro atoms. The van der Waals surface area contributed by atoms with Gasteiger partial charge in [-0.25, -0.2) is 0 Å². The van der Waals surface area contributed by atoms with Gasteiger partial charge in [-0.2, -0.15) is 0 Å². The number of hydrogen-bond donors (Lipinski definition) is 0. The molecule has 0 N–H and O–H groups in total. The standard InChI is InChI=1S/2C5H11.Ba/c2*1-3-5-4-2;/h2*1,3-5H2,2H3;. The molecular weight excluding hydrogens is 257 g/mol. The zero-order valence-corrected chi connectivity index (χ0v) is 12.8. The van der Waals surface area contributed by atoms with Gasteiger partial charge in [0.25, 0.3) is 0 Å². The number of hydrogen-bond acceptors (Lipinski definition) is 0. The molecule has 0 aromatic heterocycles. The molecule has 0 nitrogen and oxygen atoms in total. The molecule has 0 saturated heterocycles. The first-order valence-corrected chi connectivity index (χ1v) is 11.7. The Hall–Kier alpha value is 1.57. The van der Waals surface area contributed by atoms with Crippen molar-refractivity contribution in [2.75, 3.05) is 0 Å². The van der Waals surface area contributed by atoms with Gasteiger partial charge in [0.1, 0.15) is 0 Å². The van der Waals surface area contributed by atoms with Crippen molar-refractivity contribution >= 4 is 44.2 Å². The maximum atomic E-state index is 2.30. The van der Waals surface area contributed by atoms with Crippen molar-refractivity contribution < 1.29 is 0 Å². The Morgan fingerprint density at radius 3 is 1.55 bits per heavy atom. The summed E-state index contributed by atoms with van der Waals surface area (Å²) in [5.74, 6) is 0. The first-order chi connectivity index (χ1) is 5.41. The van der Waals surface area contributed by atoms with E-state index in [-0.39, 0.29) is 44.2 Å². The Morgan fingerprint density at radius 1 is 0.727 bits per heavy atom. The van der Waals surface area contributed by atoms with Crippen molar-refractivity contribution in [1.29, 1.82) is 0 Å². The summed E-state index contributed by atoms with van der Waals surface area (Å²) in [6, 6.07) is 0. The van der Waals surface area contributed by atoms with Crippen LogP contribution in [0.5, 0.6) is 0 Å². The third-order valence-corrected chi connectivity index (χ3v) is 8.49. The molecule has 0 saturated carbocycles. The van der Waals surface area contributed by atoms with Crippen LogP contribution in [0, 0.1) is 0 Å². The predicted octanol–water partition coefficient (Wildman–Crippen LogP) is 3.91. The molecule has 0 aromatic rings. The van der Waals surface area contributed by atoms with Crippen LogP contribution in [0.3, 0.4) is 0 Å². The molecule has 0 radical (unpaired) electrons. The van der Waals surface area contributed by atoms with Crippen LogP contribution in [0.1, 0.15) is 52.4 Å². The van der Waals surface area contributed by atoms with Gasteiger partial charge >= 0.3 is 98.3 Å². The van der Waals surface area contributed by atoms with Gasteiger partial charge in [-0.1, -0.05) is 0 Å². The molecule has 0 bridgehead atoms. The van der Waals surface area contributed by atoms with E-state index in [9.17, 15) is 0 Å². The second-order valence-electron chi connectivity index (χ2n) is 3.47. The van der Waals surface area contributed by atoms with E-state index in [0.717, 1.165) is 0 Å². The van der Waals surface area contributed by atoms with E-state index < -0.39 is 0 Å². The molecule has 64 valence electrons. The summed E-state index contributed by atoms with van der Waals surface area (Å²) in [6.45, 7) is 4.60. The second-order valence-corrected chi connectivity index (χ2v) is 10.1. The third kappa shape index (κ3) is 11.6. The van der Waals surface area contributed by atoms with E-state index in [1.165, 1.54) is 25.7 Å². The molecule has 0 aromatic carbocycles. The summed E-state index contributed by atoms with van der Waals surface area (Å²) in [5.41, 5.74) is 0. The van der Waals surface area contributed by atoms with E-state index in [2.05, 4.69) is 13.8 Å². The summed E-state index contributed by atoms with van der Waals surface area (Å²) < 4.78 is 3.38. The Bertz CT molecular complexity index is 53.9. The van der Waals surface area contributed by atoms with Crippen LogP contribution >= 0.6 is 0 Å². The predicted molar refractivity (Wildman–Crippen MR) is 54.4 cm³/mol. The second kappa shape index (κ2) is 11.6. The summed E-state index contributed by atoms with van der Waals surface area (Å²) in [5, 5.41) is 0. The average Bonchev–Trinajstić information content (AvgIpc) is 2.03. The molecule has 11 heavy (non-hydrogen) atoms. The van der Waals surface area contributed by atoms with Crippen LogP contribution in [-0.2, 0) is 0 Å². The van der Waals surface area contributed by atoms with Gasteiger partial charge in [0, 0.05) is 0 Å². The van der Waals surface area contributed by atoms with Gasteiger partial charge in [-0.3, -0.25) is 0 Å². The van der Waals surface area contributed by atoms with E-state index in [1.54, 1.807) is 14.6 Å². The summed E-state index contributed by atoms with van der Waals surface area (Å²) >= 11 is -0.290. The number of unbranched alkanes of at least 4 members (excludes halogenated alkanes) is 4. The molecular formula is C10H22Ba. The molecule has 0 rings (SSSR count). The monoisotopic (exact) mass is 280 g/mol. The third-order valence-electron chi connectivity index (χ3n) is 2.21. The van der Waals surface area contributed by atoms with E-state index >= 15 is 0 Å². The first kappa shape index (κ1) is 12.6. The quantitative estimate of drug-likeness (QED) is 0.467.